The zero-order chi connectivity index (χ0) is 15.7. The van der Waals surface area contributed by atoms with Crippen LogP contribution in [0.2, 0.25) is 0 Å². The summed E-state index contributed by atoms with van der Waals surface area (Å²) in [5.74, 6) is 0. The number of rotatable bonds is 3. The van der Waals surface area contributed by atoms with Gasteiger partial charge in [0.15, 0.2) is 0 Å². The highest BCUT2D eigenvalue weighted by molar-refractivity contribution is 5.66. The molecule has 1 aromatic carbocycles. The van der Waals surface area contributed by atoms with Crippen molar-refractivity contribution >= 4 is 11.4 Å². The molecule has 1 atom stereocenters. The molecule has 2 bridgehead atoms. The zero-order valence-corrected chi connectivity index (χ0v) is 13.9. The normalized spacial score (nSPS) is 28.4. The van der Waals surface area contributed by atoms with Crippen LogP contribution in [0.15, 0.2) is 41.6 Å². The van der Waals surface area contributed by atoms with Gasteiger partial charge >= 0.3 is 0 Å². The lowest BCUT2D eigenvalue weighted by Gasteiger charge is -2.50. The van der Waals surface area contributed by atoms with Crippen molar-refractivity contribution in [3.63, 3.8) is 0 Å². The van der Waals surface area contributed by atoms with E-state index in [4.69, 9.17) is 5.73 Å². The molecule has 0 amide bonds. The van der Waals surface area contributed by atoms with Crippen molar-refractivity contribution in [2.45, 2.75) is 56.5 Å². The van der Waals surface area contributed by atoms with E-state index < -0.39 is 0 Å². The summed E-state index contributed by atoms with van der Waals surface area (Å²) in [4.78, 5) is 2.77. The van der Waals surface area contributed by atoms with Gasteiger partial charge in [-0.05, 0) is 68.7 Å². The first kappa shape index (κ1) is 14.9. The topological polar surface area (TPSA) is 41.3 Å². The number of nitrogens with zero attached hydrogens (tertiary/aromatic N) is 1. The fourth-order valence-electron chi connectivity index (χ4n) is 4.63. The van der Waals surface area contributed by atoms with Crippen LogP contribution in [0, 0.1) is 0 Å². The minimum absolute atomic E-state index is 0.412. The van der Waals surface area contributed by atoms with Crippen LogP contribution < -0.4 is 11.1 Å². The van der Waals surface area contributed by atoms with Crippen LogP contribution in [-0.4, -0.2) is 29.6 Å². The van der Waals surface area contributed by atoms with Crippen LogP contribution in [0.1, 0.15) is 44.9 Å². The Morgan fingerprint density at radius 1 is 1.22 bits per heavy atom. The average molecular weight is 309 g/mol. The first-order valence-electron chi connectivity index (χ1n) is 9.04. The number of likely N-dealkylation sites (tertiary alicyclic amines) is 1. The van der Waals surface area contributed by atoms with Crippen molar-refractivity contribution in [2.75, 3.05) is 24.1 Å². The Hall–Kier alpha value is -1.70. The summed E-state index contributed by atoms with van der Waals surface area (Å²) in [6, 6.07) is 8.65. The van der Waals surface area contributed by atoms with Crippen molar-refractivity contribution < 1.29 is 0 Å². The Morgan fingerprint density at radius 2 is 2.04 bits per heavy atom. The number of hydrogen-bond acceptors (Lipinski definition) is 3. The molecule has 1 saturated carbocycles. The van der Waals surface area contributed by atoms with Gasteiger partial charge in [-0.25, -0.2) is 0 Å². The minimum atomic E-state index is 0.412. The van der Waals surface area contributed by atoms with Crippen molar-refractivity contribution in [2.24, 2.45) is 0 Å². The van der Waals surface area contributed by atoms with Gasteiger partial charge < -0.3 is 11.1 Å². The van der Waals surface area contributed by atoms with E-state index >= 15 is 0 Å². The van der Waals surface area contributed by atoms with E-state index in [1.54, 1.807) is 5.57 Å². The lowest BCUT2D eigenvalue weighted by Crippen LogP contribution is -2.55. The maximum absolute atomic E-state index is 6.06. The van der Waals surface area contributed by atoms with Crippen LogP contribution in [-0.2, 0) is 0 Å². The van der Waals surface area contributed by atoms with Crippen LogP contribution in [0.25, 0.3) is 0 Å². The Kier molecular flexibility index (Phi) is 3.92. The number of benzene rings is 1. The standard InChI is InChI=1S/C20H27N3/c21-18-7-1-2-8-19(18)22-17-9-13-23(14-10-17)20-11-3-5-16(15-20)6-4-12-20/h1-3,7-8,17,22H,4,6,9-15,21H2. The second-order valence-electron chi connectivity index (χ2n) is 7.40. The van der Waals surface area contributed by atoms with Gasteiger partial charge in [0, 0.05) is 24.7 Å². The molecule has 3 nitrogen and oxygen atoms in total. The molecule has 1 saturated heterocycles. The molecule has 1 unspecified atom stereocenters. The maximum Gasteiger partial charge on any atom is 0.0576 e. The lowest BCUT2D eigenvalue weighted by molar-refractivity contribution is 0.0445. The van der Waals surface area contributed by atoms with Gasteiger partial charge in [0.1, 0.15) is 0 Å². The number of nitrogens with two attached hydrogens (primary N) is 1. The molecule has 0 spiro atoms. The van der Waals surface area contributed by atoms with E-state index in [1.807, 2.05) is 12.1 Å². The van der Waals surface area contributed by atoms with Gasteiger partial charge in [-0.2, -0.15) is 0 Å². The van der Waals surface area contributed by atoms with E-state index in [1.165, 1.54) is 58.0 Å². The molecule has 0 radical (unpaired) electrons. The maximum atomic E-state index is 6.06. The Morgan fingerprint density at radius 3 is 2.87 bits per heavy atom. The summed E-state index contributed by atoms with van der Waals surface area (Å²) in [6.07, 6.45) is 11.1. The number of nitrogen functional groups attached to an aromatic ring is 1. The van der Waals surface area contributed by atoms with Crippen LogP contribution in [0.3, 0.4) is 0 Å². The zero-order valence-electron chi connectivity index (χ0n) is 13.9. The third kappa shape index (κ3) is 2.91. The highest BCUT2D eigenvalue weighted by Crippen LogP contribution is 2.42. The Labute approximate surface area is 139 Å². The summed E-state index contributed by atoms with van der Waals surface area (Å²) >= 11 is 0. The number of fused-ring (bicyclic) bond motifs is 2. The first-order valence-corrected chi connectivity index (χ1v) is 9.04. The number of anilines is 2. The fourth-order valence-corrected chi connectivity index (χ4v) is 4.63. The SMILES string of the molecule is Nc1ccccc1NC1CCN(C23CC=C=C(CCC2)C3)CC1. The van der Waals surface area contributed by atoms with Gasteiger partial charge in [0.05, 0.1) is 11.4 Å². The molecule has 23 heavy (non-hydrogen) atoms. The van der Waals surface area contributed by atoms with E-state index in [0.717, 1.165) is 11.4 Å². The Balaban J connectivity index is 1.38. The largest absolute Gasteiger partial charge is 0.397 e. The molecule has 3 N–H and O–H groups in total. The number of piperidine rings is 1. The summed E-state index contributed by atoms with van der Waals surface area (Å²) in [5.41, 5.74) is 13.5. The van der Waals surface area contributed by atoms with E-state index in [-0.39, 0.29) is 0 Å². The molecule has 3 heteroatoms. The molecule has 122 valence electrons. The van der Waals surface area contributed by atoms with Crippen LogP contribution in [0.4, 0.5) is 11.4 Å². The second kappa shape index (κ2) is 6.07. The van der Waals surface area contributed by atoms with Gasteiger partial charge in [-0.15, -0.1) is 5.73 Å². The second-order valence-corrected chi connectivity index (χ2v) is 7.40. The van der Waals surface area contributed by atoms with Crippen molar-refractivity contribution in [1.82, 2.24) is 4.90 Å². The van der Waals surface area contributed by atoms with Gasteiger partial charge in [0.2, 0.25) is 0 Å². The number of hydrogen-bond donors (Lipinski definition) is 2. The monoisotopic (exact) mass is 309 g/mol. The van der Waals surface area contributed by atoms with E-state index in [0.29, 0.717) is 11.6 Å². The predicted octanol–water partition coefficient (Wildman–Crippen LogP) is 3.94. The average Bonchev–Trinajstić information content (AvgIpc) is 2.58. The molecule has 4 rings (SSSR count). The fraction of sp³-hybridized carbons (Fsp3) is 0.550. The van der Waals surface area contributed by atoms with E-state index in [2.05, 4.69) is 34.2 Å². The third-order valence-electron chi connectivity index (χ3n) is 5.94. The third-order valence-corrected chi connectivity index (χ3v) is 5.94. The quantitative estimate of drug-likeness (QED) is 0.656. The molecule has 1 heterocycles. The molecule has 0 aromatic heterocycles. The predicted molar refractivity (Wildman–Crippen MR) is 96.5 cm³/mol. The number of nitrogens with one attached hydrogen (secondary N) is 1. The number of para-hydroxylation sites is 2. The summed E-state index contributed by atoms with van der Waals surface area (Å²) in [7, 11) is 0. The van der Waals surface area contributed by atoms with E-state index in [9.17, 15) is 0 Å². The molecule has 3 aliphatic rings. The summed E-state index contributed by atoms with van der Waals surface area (Å²) in [5, 5.41) is 3.65. The highest BCUT2D eigenvalue weighted by atomic mass is 15.2. The molecule has 1 aliphatic heterocycles. The Bertz CT molecular complexity index is 636. The van der Waals surface area contributed by atoms with Crippen molar-refractivity contribution in [1.29, 1.82) is 0 Å². The van der Waals surface area contributed by atoms with Crippen LogP contribution >= 0.6 is 0 Å². The van der Waals surface area contributed by atoms with Crippen molar-refractivity contribution in [3.05, 3.63) is 41.6 Å². The highest BCUT2D eigenvalue weighted by Gasteiger charge is 2.41. The summed E-state index contributed by atoms with van der Waals surface area (Å²) < 4.78 is 0. The molecular weight excluding hydrogens is 282 g/mol. The van der Waals surface area contributed by atoms with Crippen molar-refractivity contribution in [3.8, 4) is 0 Å². The molecular formula is C20H27N3. The minimum Gasteiger partial charge on any atom is -0.397 e. The lowest BCUT2D eigenvalue weighted by atomic mass is 9.72. The first-order chi connectivity index (χ1) is 11.3. The molecule has 2 aliphatic carbocycles. The van der Waals surface area contributed by atoms with Gasteiger partial charge in [0.25, 0.3) is 0 Å². The summed E-state index contributed by atoms with van der Waals surface area (Å²) in [6.45, 7) is 2.40. The van der Waals surface area contributed by atoms with Gasteiger partial charge in [-0.3, -0.25) is 4.90 Å². The molecule has 1 aromatic rings. The smallest absolute Gasteiger partial charge is 0.0576 e. The van der Waals surface area contributed by atoms with Gasteiger partial charge in [-0.1, -0.05) is 12.1 Å². The molecule has 2 fully saturated rings. The van der Waals surface area contributed by atoms with Crippen LogP contribution in [0.5, 0.6) is 0 Å².